The fraction of sp³-hybridized carbons (Fsp3) is 0.400. The predicted molar refractivity (Wildman–Crippen MR) is 110 cm³/mol. The third-order valence-corrected chi connectivity index (χ3v) is 7.71. The molecular weight excluding hydrogens is 392 g/mol. The first kappa shape index (κ1) is 20.1. The molecule has 0 radical (unpaired) electrons. The van der Waals surface area contributed by atoms with Gasteiger partial charge in [-0.2, -0.15) is 4.31 Å². The van der Waals surface area contributed by atoms with Crippen molar-refractivity contribution in [1.82, 2.24) is 9.21 Å². The molecule has 2 fully saturated rings. The van der Waals surface area contributed by atoms with Gasteiger partial charge in [-0.05, 0) is 42.0 Å². The number of aliphatic hydroxyl groups is 1. The molecule has 1 unspecified atom stereocenters. The molecule has 0 aromatic heterocycles. The molecule has 1 atom stereocenters. The van der Waals surface area contributed by atoms with Gasteiger partial charge in [0.2, 0.25) is 10.0 Å². The summed E-state index contributed by atoms with van der Waals surface area (Å²) in [6, 6.07) is 13.3. The summed E-state index contributed by atoms with van der Waals surface area (Å²) in [4.78, 5) is 2.13. The Morgan fingerprint density at radius 3 is 2.07 bits per heavy atom. The second-order valence-electron chi connectivity index (χ2n) is 7.52. The van der Waals surface area contributed by atoms with Gasteiger partial charge in [0, 0.05) is 43.9 Å². The first-order valence-electron chi connectivity index (χ1n) is 9.62. The zero-order valence-corrected chi connectivity index (χ0v) is 16.9. The van der Waals surface area contributed by atoms with Gasteiger partial charge in [0.15, 0.2) is 0 Å². The van der Waals surface area contributed by atoms with Gasteiger partial charge in [0.1, 0.15) is 12.0 Å². The van der Waals surface area contributed by atoms with E-state index in [0.717, 1.165) is 5.56 Å². The number of piperidine rings is 1. The molecule has 2 aromatic rings. The van der Waals surface area contributed by atoms with Crippen LogP contribution < -0.4 is 11.5 Å². The number of nitrogens with two attached hydrogens (primary N) is 2. The Morgan fingerprint density at radius 1 is 0.931 bits per heavy atom. The first-order chi connectivity index (χ1) is 13.8. The number of rotatable bonds is 4. The van der Waals surface area contributed by atoms with Gasteiger partial charge in [-0.3, -0.25) is 4.90 Å². The normalized spacial score (nSPS) is 21.4. The van der Waals surface area contributed by atoms with Gasteiger partial charge in [-0.15, -0.1) is 0 Å². The van der Waals surface area contributed by atoms with E-state index in [0.29, 0.717) is 50.5 Å². The van der Waals surface area contributed by atoms with Crippen LogP contribution in [0.3, 0.4) is 0 Å². The molecule has 0 bridgehead atoms. The third-order valence-electron chi connectivity index (χ3n) is 5.75. The topological polar surface area (TPSA) is 122 Å². The van der Waals surface area contributed by atoms with Gasteiger partial charge in [-0.25, -0.2) is 8.42 Å². The van der Waals surface area contributed by atoms with Crippen LogP contribution >= 0.6 is 0 Å². The van der Waals surface area contributed by atoms with Crippen molar-refractivity contribution in [2.24, 2.45) is 0 Å². The van der Waals surface area contributed by atoms with Gasteiger partial charge in [0.05, 0.1) is 11.5 Å². The van der Waals surface area contributed by atoms with Gasteiger partial charge in [-0.1, -0.05) is 12.1 Å². The molecule has 0 amide bonds. The molecule has 2 aromatic carbocycles. The molecular formula is C20H26N4O4S. The molecule has 0 saturated carbocycles. The highest BCUT2D eigenvalue weighted by Gasteiger charge is 2.51. The molecule has 2 aliphatic rings. The molecule has 5 N–H and O–H groups in total. The Kier molecular flexibility index (Phi) is 5.26. The number of hydrogen-bond acceptors (Lipinski definition) is 7. The molecule has 2 saturated heterocycles. The Labute approximate surface area is 170 Å². The van der Waals surface area contributed by atoms with Crippen LogP contribution in [0.25, 0.3) is 0 Å². The van der Waals surface area contributed by atoms with E-state index in [2.05, 4.69) is 0 Å². The van der Waals surface area contributed by atoms with Crippen molar-refractivity contribution >= 4 is 21.4 Å². The standard InChI is InChI=1S/C20H26N4O4S/c21-16-3-1-15(2-4-16)19(25)23-11-9-20(10-12-23)24(13-14-28-20)29(26,27)18-7-5-17(22)6-8-18/h1-8,19,25H,9-14,21-22H2. The zero-order valence-electron chi connectivity index (χ0n) is 16.1. The number of benzene rings is 2. The number of sulfonamides is 1. The molecule has 0 aliphatic carbocycles. The summed E-state index contributed by atoms with van der Waals surface area (Å²) in [6.45, 7) is 1.69. The number of nitrogens with zero attached hydrogens (tertiary/aromatic N) is 2. The van der Waals surface area contributed by atoms with E-state index in [1.54, 1.807) is 36.4 Å². The zero-order chi connectivity index (χ0) is 20.6. The van der Waals surface area contributed by atoms with Crippen molar-refractivity contribution < 1.29 is 18.3 Å². The summed E-state index contributed by atoms with van der Waals surface area (Å²) in [5.41, 5.74) is 12.4. The summed E-state index contributed by atoms with van der Waals surface area (Å²) in [7, 11) is -3.70. The van der Waals surface area contributed by atoms with Gasteiger partial charge in [0.25, 0.3) is 0 Å². The van der Waals surface area contributed by atoms with Crippen molar-refractivity contribution in [1.29, 1.82) is 0 Å². The predicted octanol–water partition coefficient (Wildman–Crippen LogP) is 1.36. The maximum absolute atomic E-state index is 13.2. The van der Waals surface area contributed by atoms with Crippen LogP contribution in [0.1, 0.15) is 24.6 Å². The molecule has 2 aliphatic heterocycles. The number of nitrogen functional groups attached to an aromatic ring is 2. The van der Waals surface area contributed by atoms with Crippen LogP contribution in [0.15, 0.2) is 53.4 Å². The summed E-state index contributed by atoms with van der Waals surface area (Å²) in [6.07, 6.45) is 0.192. The third kappa shape index (κ3) is 3.72. The Hall–Kier alpha value is -2.17. The highest BCUT2D eigenvalue weighted by atomic mass is 32.2. The smallest absolute Gasteiger partial charge is 0.245 e. The molecule has 156 valence electrons. The van der Waals surface area contributed by atoms with Crippen LogP contribution in [0, 0.1) is 0 Å². The SMILES string of the molecule is Nc1ccc(C(O)N2CCC3(CC2)OCCN3S(=O)(=O)c2ccc(N)cc2)cc1. The highest BCUT2D eigenvalue weighted by Crippen LogP contribution is 2.39. The van der Waals surface area contributed by atoms with E-state index >= 15 is 0 Å². The van der Waals surface area contributed by atoms with E-state index in [1.165, 1.54) is 16.4 Å². The van der Waals surface area contributed by atoms with Crippen LogP contribution in [-0.2, 0) is 14.8 Å². The van der Waals surface area contributed by atoms with Crippen molar-refractivity contribution in [3.8, 4) is 0 Å². The Bertz CT molecular complexity index is 955. The number of anilines is 2. The van der Waals surface area contributed by atoms with Gasteiger partial charge < -0.3 is 21.3 Å². The number of likely N-dealkylation sites (tertiary alicyclic amines) is 1. The van der Waals surface area contributed by atoms with E-state index in [9.17, 15) is 13.5 Å². The average Bonchev–Trinajstić information content (AvgIpc) is 3.13. The van der Waals surface area contributed by atoms with Crippen molar-refractivity contribution in [2.75, 3.05) is 37.7 Å². The maximum Gasteiger partial charge on any atom is 0.245 e. The van der Waals surface area contributed by atoms with E-state index in [4.69, 9.17) is 16.2 Å². The monoisotopic (exact) mass is 418 g/mol. The largest absolute Gasteiger partial charge is 0.399 e. The summed E-state index contributed by atoms with van der Waals surface area (Å²) in [5, 5.41) is 10.7. The second kappa shape index (κ2) is 7.58. The minimum absolute atomic E-state index is 0.209. The summed E-state index contributed by atoms with van der Waals surface area (Å²) < 4.78 is 33.9. The molecule has 4 rings (SSSR count). The maximum atomic E-state index is 13.2. The molecule has 29 heavy (non-hydrogen) atoms. The van der Waals surface area contributed by atoms with Crippen LogP contribution in [0.5, 0.6) is 0 Å². The molecule has 2 heterocycles. The van der Waals surface area contributed by atoms with Crippen LogP contribution in [-0.4, -0.2) is 54.7 Å². The van der Waals surface area contributed by atoms with Crippen LogP contribution in [0.2, 0.25) is 0 Å². The minimum Gasteiger partial charge on any atom is -0.399 e. The summed E-state index contributed by atoms with van der Waals surface area (Å²) >= 11 is 0. The number of aliphatic hydroxyl groups excluding tert-OH is 1. The second-order valence-corrected chi connectivity index (χ2v) is 9.38. The average molecular weight is 419 g/mol. The summed E-state index contributed by atoms with van der Waals surface area (Å²) in [5.74, 6) is 0. The molecule has 1 spiro atoms. The quantitative estimate of drug-likeness (QED) is 0.641. The lowest BCUT2D eigenvalue weighted by Crippen LogP contribution is -2.55. The van der Waals surface area contributed by atoms with Crippen molar-refractivity contribution in [3.63, 3.8) is 0 Å². The number of ether oxygens (including phenoxy) is 1. The lowest BCUT2D eigenvalue weighted by atomic mass is 9.99. The number of hydrogen-bond donors (Lipinski definition) is 3. The highest BCUT2D eigenvalue weighted by molar-refractivity contribution is 7.89. The first-order valence-corrected chi connectivity index (χ1v) is 11.1. The molecule has 8 nitrogen and oxygen atoms in total. The molecule has 9 heteroatoms. The lowest BCUT2D eigenvalue weighted by molar-refractivity contribution is -0.118. The van der Waals surface area contributed by atoms with Crippen molar-refractivity contribution in [2.45, 2.75) is 29.7 Å². The van der Waals surface area contributed by atoms with Crippen molar-refractivity contribution in [3.05, 3.63) is 54.1 Å². The minimum atomic E-state index is -3.70. The lowest BCUT2D eigenvalue weighted by Gasteiger charge is -2.44. The van der Waals surface area contributed by atoms with E-state index in [-0.39, 0.29) is 4.90 Å². The Balaban J connectivity index is 1.50. The van der Waals surface area contributed by atoms with E-state index < -0.39 is 22.0 Å². The Morgan fingerprint density at radius 2 is 1.48 bits per heavy atom. The van der Waals surface area contributed by atoms with E-state index in [1.807, 2.05) is 4.90 Å². The fourth-order valence-corrected chi connectivity index (χ4v) is 5.81. The van der Waals surface area contributed by atoms with Gasteiger partial charge >= 0.3 is 0 Å². The fourth-order valence-electron chi connectivity index (χ4n) is 4.09. The van der Waals surface area contributed by atoms with Crippen LogP contribution in [0.4, 0.5) is 11.4 Å².